The first kappa shape index (κ1) is 18.5. The maximum atomic E-state index is 14.0. The third kappa shape index (κ3) is 2.71. The summed E-state index contributed by atoms with van der Waals surface area (Å²) in [7, 11) is 0. The number of rotatable bonds is 4. The van der Waals surface area contributed by atoms with E-state index in [0.717, 1.165) is 41.5 Å². The molecule has 2 bridgehead atoms. The van der Waals surface area contributed by atoms with E-state index in [1.54, 1.807) is 0 Å². The van der Waals surface area contributed by atoms with Crippen molar-refractivity contribution in [2.24, 2.45) is 5.41 Å². The number of aromatic nitrogens is 1. The number of pyridine rings is 1. The van der Waals surface area contributed by atoms with Gasteiger partial charge in [-0.05, 0) is 65.6 Å². The van der Waals surface area contributed by atoms with Gasteiger partial charge in [-0.25, -0.2) is 0 Å². The first-order chi connectivity index (χ1) is 15.1. The summed E-state index contributed by atoms with van der Waals surface area (Å²) in [5.74, 6) is 0.446. The maximum absolute atomic E-state index is 14.0. The molecule has 31 heavy (non-hydrogen) atoms. The molecule has 3 fully saturated rings. The minimum atomic E-state index is -0.361. The Hall–Kier alpha value is -3.26. The predicted octanol–water partition coefficient (Wildman–Crippen LogP) is 6.63. The van der Waals surface area contributed by atoms with Crippen LogP contribution in [0.15, 0.2) is 91.1 Å². The van der Waals surface area contributed by atoms with E-state index in [4.69, 9.17) is 4.98 Å². The van der Waals surface area contributed by atoms with Crippen LogP contribution in [-0.2, 0) is 5.41 Å². The minimum absolute atomic E-state index is 0.0883. The summed E-state index contributed by atoms with van der Waals surface area (Å²) in [6.45, 7) is 2.06. The Morgan fingerprint density at radius 2 is 1.61 bits per heavy atom. The van der Waals surface area contributed by atoms with E-state index >= 15 is 0 Å². The second-order valence-corrected chi connectivity index (χ2v) is 9.56. The van der Waals surface area contributed by atoms with Gasteiger partial charge in [-0.2, -0.15) is 0 Å². The molecule has 3 aromatic carbocycles. The summed E-state index contributed by atoms with van der Waals surface area (Å²) in [6.07, 6.45) is 4.76. The number of benzene rings is 3. The van der Waals surface area contributed by atoms with Gasteiger partial charge in [0.05, 0.1) is 0 Å². The maximum Gasteiger partial charge on any atom is 0.169 e. The molecule has 3 saturated carbocycles. The van der Waals surface area contributed by atoms with Crippen LogP contribution in [0.3, 0.4) is 0 Å². The Morgan fingerprint density at radius 1 is 0.871 bits per heavy atom. The van der Waals surface area contributed by atoms with Crippen molar-refractivity contribution in [2.75, 3.05) is 0 Å². The zero-order valence-corrected chi connectivity index (χ0v) is 17.7. The fourth-order valence-corrected chi connectivity index (χ4v) is 6.26. The van der Waals surface area contributed by atoms with Crippen LogP contribution >= 0.6 is 0 Å². The van der Waals surface area contributed by atoms with Crippen molar-refractivity contribution in [1.82, 2.24) is 4.98 Å². The van der Waals surface area contributed by atoms with E-state index in [2.05, 4.69) is 73.7 Å². The van der Waals surface area contributed by atoms with E-state index in [1.807, 2.05) is 24.4 Å². The van der Waals surface area contributed by atoms with Crippen LogP contribution in [0.25, 0.3) is 10.8 Å². The molecule has 7 rings (SSSR count). The van der Waals surface area contributed by atoms with Gasteiger partial charge in [0.25, 0.3) is 0 Å². The SMILES string of the molecule is Cc1ccc([C@@H]2CC3(c4ccccc4)CC2(C(=O)c2ccc4ccccc4c2)C3)nc1. The molecule has 3 aliphatic carbocycles. The standard InChI is InChI=1S/C29H25NO/c1-20-11-14-26(30-17-20)25-16-28(24-9-3-2-4-10-24)18-29(25,19-28)27(31)23-13-12-21-7-5-6-8-22(21)15-23/h2-15,17,25H,16,18-19H2,1H3/t25-,28?,29?/m0/s1. The molecule has 0 unspecified atom stereocenters. The van der Waals surface area contributed by atoms with E-state index in [0.29, 0.717) is 0 Å². The van der Waals surface area contributed by atoms with Crippen molar-refractivity contribution in [3.63, 3.8) is 0 Å². The van der Waals surface area contributed by atoms with Crippen LogP contribution in [0.4, 0.5) is 0 Å². The fraction of sp³-hybridized carbons (Fsp3) is 0.241. The van der Waals surface area contributed by atoms with Gasteiger partial charge in [-0.1, -0.05) is 72.8 Å². The Balaban J connectivity index is 1.44. The van der Waals surface area contributed by atoms with Gasteiger partial charge in [0.15, 0.2) is 5.78 Å². The number of ketones is 1. The largest absolute Gasteiger partial charge is 0.294 e. The molecule has 0 amide bonds. The molecular weight excluding hydrogens is 378 g/mol. The van der Waals surface area contributed by atoms with Gasteiger partial charge >= 0.3 is 0 Å². The lowest BCUT2D eigenvalue weighted by molar-refractivity contribution is 0.0537. The third-order valence-corrected chi connectivity index (χ3v) is 7.71. The van der Waals surface area contributed by atoms with Crippen molar-refractivity contribution >= 4 is 16.6 Å². The van der Waals surface area contributed by atoms with E-state index in [-0.39, 0.29) is 22.5 Å². The molecule has 0 radical (unpaired) electrons. The first-order valence-electron chi connectivity index (χ1n) is 11.1. The van der Waals surface area contributed by atoms with Crippen molar-refractivity contribution < 1.29 is 4.79 Å². The highest BCUT2D eigenvalue weighted by Crippen LogP contribution is 2.73. The molecule has 152 valence electrons. The average molecular weight is 404 g/mol. The number of hydrogen-bond acceptors (Lipinski definition) is 2. The number of aryl methyl sites for hydroxylation is 1. The molecule has 1 aromatic heterocycles. The normalized spacial score (nSPS) is 26.5. The zero-order valence-electron chi connectivity index (χ0n) is 17.7. The predicted molar refractivity (Wildman–Crippen MR) is 124 cm³/mol. The van der Waals surface area contributed by atoms with Crippen molar-refractivity contribution in [3.8, 4) is 0 Å². The lowest BCUT2D eigenvalue weighted by Crippen LogP contribution is -2.47. The molecular formula is C29H25NO. The summed E-state index contributed by atoms with van der Waals surface area (Å²) >= 11 is 0. The summed E-state index contributed by atoms with van der Waals surface area (Å²) in [4.78, 5) is 18.8. The molecule has 0 saturated heterocycles. The molecule has 0 spiro atoms. The number of fused-ring (bicyclic) bond motifs is 2. The van der Waals surface area contributed by atoms with Gasteiger partial charge in [-0.3, -0.25) is 9.78 Å². The quantitative estimate of drug-likeness (QED) is 0.358. The summed E-state index contributed by atoms with van der Waals surface area (Å²) in [5, 5.41) is 2.30. The molecule has 0 aliphatic heterocycles. The monoisotopic (exact) mass is 403 g/mol. The second-order valence-electron chi connectivity index (χ2n) is 9.56. The van der Waals surface area contributed by atoms with Gasteiger partial charge in [0.2, 0.25) is 0 Å². The van der Waals surface area contributed by atoms with Crippen LogP contribution in [0.2, 0.25) is 0 Å². The van der Waals surface area contributed by atoms with Crippen molar-refractivity contribution in [2.45, 2.75) is 37.5 Å². The molecule has 1 atom stereocenters. The highest BCUT2D eigenvalue weighted by atomic mass is 16.1. The van der Waals surface area contributed by atoms with Gasteiger partial charge in [0.1, 0.15) is 0 Å². The number of carbonyl (C=O) groups is 1. The second kappa shape index (κ2) is 6.62. The van der Waals surface area contributed by atoms with Crippen LogP contribution in [0, 0.1) is 12.3 Å². The van der Waals surface area contributed by atoms with E-state index in [1.165, 1.54) is 10.9 Å². The van der Waals surface area contributed by atoms with Gasteiger partial charge in [0, 0.05) is 28.8 Å². The van der Waals surface area contributed by atoms with Crippen LogP contribution in [0.5, 0.6) is 0 Å². The Morgan fingerprint density at radius 3 is 2.35 bits per heavy atom. The van der Waals surface area contributed by atoms with Gasteiger partial charge < -0.3 is 0 Å². The summed E-state index contributed by atoms with van der Waals surface area (Å²) in [5.41, 5.74) is 4.15. The van der Waals surface area contributed by atoms with Crippen LogP contribution in [-0.4, -0.2) is 10.8 Å². The fourth-order valence-electron chi connectivity index (χ4n) is 6.26. The lowest BCUT2D eigenvalue weighted by Gasteiger charge is -2.48. The Labute approximate surface area is 183 Å². The molecule has 2 heteroatoms. The van der Waals surface area contributed by atoms with Crippen LogP contribution < -0.4 is 0 Å². The summed E-state index contributed by atoms with van der Waals surface area (Å²) in [6, 6.07) is 29.5. The third-order valence-electron chi connectivity index (χ3n) is 7.71. The number of hydrogen-bond donors (Lipinski definition) is 0. The van der Waals surface area contributed by atoms with Gasteiger partial charge in [-0.15, -0.1) is 0 Å². The highest BCUT2D eigenvalue weighted by molar-refractivity contribution is 6.05. The Bertz CT molecular complexity index is 1280. The number of Topliss-reactive ketones (excluding diaryl/α,β-unsaturated/α-hetero) is 1. The van der Waals surface area contributed by atoms with Crippen LogP contribution in [0.1, 0.15) is 52.4 Å². The number of carbonyl (C=O) groups excluding carboxylic acids is 1. The molecule has 4 aromatic rings. The highest BCUT2D eigenvalue weighted by Gasteiger charge is 2.70. The summed E-state index contributed by atoms with van der Waals surface area (Å²) < 4.78 is 0. The lowest BCUT2D eigenvalue weighted by atomic mass is 9.54. The molecule has 0 N–H and O–H groups in total. The first-order valence-corrected chi connectivity index (χ1v) is 11.1. The smallest absolute Gasteiger partial charge is 0.169 e. The van der Waals surface area contributed by atoms with Crippen molar-refractivity contribution in [1.29, 1.82) is 0 Å². The van der Waals surface area contributed by atoms with E-state index in [9.17, 15) is 4.79 Å². The Kier molecular flexibility index (Phi) is 3.95. The zero-order chi connectivity index (χ0) is 21.1. The number of nitrogens with zero attached hydrogens (tertiary/aromatic N) is 1. The average Bonchev–Trinajstić information content (AvgIpc) is 3.32. The topological polar surface area (TPSA) is 30.0 Å². The van der Waals surface area contributed by atoms with E-state index < -0.39 is 0 Å². The molecule has 2 nitrogen and oxygen atoms in total. The van der Waals surface area contributed by atoms with Crippen molar-refractivity contribution in [3.05, 3.63) is 114 Å². The minimum Gasteiger partial charge on any atom is -0.294 e. The molecule has 1 heterocycles. The molecule has 3 aliphatic rings.